The summed E-state index contributed by atoms with van der Waals surface area (Å²) in [6.07, 6.45) is 0. The van der Waals surface area contributed by atoms with Gasteiger partial charge in [0.25, 0.3) is 0 Å². The van der Waals surface area contributed by atoms with Crippen molar-refractivity contribution in [3.05, 3.63) is 17.7 Å². The summed E-state index contributed by atoms with van der Waals surface area (Å²) in [4.78, 5) is 11.6. The number of carbonyl (C=O) groups is 1. The molecule has 0 unspecified atom stereocenters. The molecule has 130 valence electrons. The van der Waals surface area contributed by atoms with Crippen molar-refractivity contribution in [2.45, 2.75) is 24.3 Å². The average molecular weight is 346 g/mol. The number of hydrogen-bond donors (Lipinski definition) is 2. The minimum absolute atomic E-state index is 0.0428. The van der Waals surface area contributed by atoms with Crippen LogP contribution in [0.5, 0.6) is 11.5 Å². The number of nitrogens with two attached hydrogens (primary N) is 1. The van der Waals surface area contributed by atoms with Crippen LogP contribution in [0, 0.1) is 6.92 Å². The third-order valence-corrected chi connectivity index (χ3v) is 5.05. The zero-order valence-electron chi connectivity index (χ0n) is 13.8. The molecule has 0 spiro atoms. The van der Waals surface area contributed by atoms with E-state index in [2.05, 4.69) is 4.72 Å². The van der Waals surface area contributed by atoms with E-state index in [0.717, 1.165) is 0 Å². The van der Waals surface area contributed by atoms with Gasteiger partial charge in [-0.25, -0.2) is 8.42 Å². The van der Waals surface area contributed by atoms with E-state index in [1.807, 2.05) is 0 Å². The van der Waals surface area contributed by atoms with E-state index in [9.17, 15) is 13.2 Å². The Balaban J connectivity index is 3.36. The summed E-state index contributed by atoms with van der Waals surface area (Å²) in [5, 5.41) is 0. The molecule has 0 fully saturated rings. The summed E-state index contributed by atoms with van der Waals surface area (Å²) in [5.74, 6) is -0.189. The van der Waals surface area contributed by atoms with Crippen LogP contribution in [-0.2, 0) is 19.6 Å². The van der Waals surface area contributed by atoms with E-state index in [1.165, 1.54) is 40.4 Å². The first-order chi connectivity index (χ1) is 10.6. The molecule has 8 nitrogen and oxygen atoms in total. The summed E-state index contributed by atoms with van der Waals surface area (Å²) in [6, 6.07) is 2.86. The van der Waals surface area contributed by atoms with Crippen LogP contribution in [0.3, 0.4) is 0 Å². The largest absolute Gasteiger partial charge is 0.493 e. The van der Waals surface area contributed by atoms with Crippen molar-refractivity contribution in [1.29, 1.82) is 0 Å². The van der Waals surface area contributed by atoms with Crippen LogP contribution in [0.4, 0.5) is 0 Å². The van der Waals surface area contributed by atoms with E-state index < -0.39 is 21.5 Å². The Labute approximate surface area is 136 Å². The molecule has 1 aromatic rings. The van der Waals surface area contributed by atoms with Crippen LogP contribution in [0.1, 0.15) is 12.5 Å². The minimum Gasteiger partial charge on any atom is -0.493 e. The fraction of sp³-hybridized carbons (Fsp3) is 0.500. The second kappa shape index (κ2) is 7.16. The summed E-state index contributed by atoms with van der Waals surface area (Å²) < 4.78 is 42.7. The van der Waals surface area contributed by atoms with Gasteiger partial charge in [0, 0.05) is 13.2 Å². The van der Waals surface area contributed by atoms with Crippen molar-refractivity contribution in [2.24, 2.45) is 5.73 Å². The van der Waals surface area contributed by atoms with E-state index in [1.54, 1.807) is 6.92 Å². The Kier molecular flexibility index (Phi) is 5.98. The average Bonchev–Trinajstić information content (AvgIpc) is 2.46. The predicted molar refractivity (Wildman–Crippen MR) is 84.1 cm³/mol. The van der Waals surface area contributed by atoms with Gasteiger partial charge in [0.2, 0.25) is 15.9 Å². The zero-order chi connectivity index (χ0) is 17.8. The molecule has 1 aromatic carbocycles. The number of methoxy groups -OCH3 is 3. The van der Waals surface area contributed by atoms with Gasteiger partial charge in [0.15, 0.2) is 11.5 Å². The first-order valence-electron chi connectivity index (χ1n) is 6.66. The smallest absolute Gasteiger partial charge is 0.242 e. The van der Waals surface area contributed by atoms with Crippen LogP contribution in [-0.4, -0.2) is 47.8 Å². The van der Waals surface area contributed by atoms with Crippen molar-refractivity contribution in [3.8, 4) is 11.5 Å². The molecule has 0 heterocycles. The van der Waals surface area contributed by atoms with Gasteiger partial charge in [-0.1, -0.05) is 0 Å². The monoisotopic (exact) mass is 346 g/mol. The first-order valence-corrected chi connectivity index (χ1v) is 8.15. The molecule has 1 atom stereocenters. The van der Waals surface area contributed by atoms with E-state index in [4.69, 9.17) is 19.9 Å². The lowest BCUT2D eigenvalue weighted by Gasteiger charge is -2.26. The number of nitrogens with one attached hydrogen (secondary N) is 1. The van der Waals surface area contributed by atoms with Gasteiger partial charge >= 0.3 is 0 Å². The summed E-state index contributed by atoms with van der Waals surface area (Å²) >= 11 is 0. The highest BCUT2D eigenvalue weighted by Gasteiger charge is 2.37. The maximum atomic E-state index is 12.6. The molecule has 0 aliphatic rings. The second-order valence-corrected chi connectivity index (χ2v) is 6.86. The van der Waals surface area contributed by atoms with E-state index in [0.29, 0.717) is 11.3 Å². The maximum absolute atomic E-state index is 12.6. The molecule has 0 aromatic heterocycles. The van der Waals surface area contributed by atoms with Crippen LogP contribution < -0.4 is 19.9 Å². The molecule has 0 radical (unpaired) electrons. The van der Waals surface area contributed by atoms with Crippen molar-refractivity contribution in [1.82, 2.24) is 4.72 Å². The van der Waals surface area contributed by atoms with Crippen molar-refractivity contribution in [3.63, 3.8) is 0 Å². The number of rotatable bonds is 8. The van der Waals surface area contributed by atoms with Crippen molar-refractivity contribution >= 4 is 15.9 Å². The predicted octanol–water partition coefficient (Wildman–Crippen LogP) is 0.181. The highest BCUT2D eigenvalue weighted by molar-refractivity contribution is 7.89. The van der Waals surface area contributed by atoms with Gasteiger partial charge in [-0.3, -0.25) is 4.79 Å². The molecule has 0 aliphatic heterocycles. The maximum Gasteiger partial charge on any atom is 0.242 e. The summed E-state index contributed by atoms with van der Waals surface area (Å²) in [7, 11) is 0.154. The number of hydrogen-bond acceptors (Lipinski definition) is 6. The third-order valence-electron chi connectivity index (χ3n) is 3.31. The number of sulfonamides is 1. The minimum atomic E-state index is -4.04. The van der Waals surface area contributed by atoms with E-state index >= 15 is 0 Å². The Morgan fingerprint density at radius 1 is 1.22 bits per heavy atom. The van der Waals surface area contributed by atoms with Crippen molar-refractivity contribution in [2.75, 3.05) is 27.9 Å². The van der Waals surface area contributed by atoms with Gasteiger partial charge in [-0.05, 0) is 25.5 Å². The molecular weight excluding hydrogens is 324 g/mol. The molecule has 1 amide bonds. The van der Waals surface area contributed by atoms with Crippen molar-refractivity contribution < 1.29 is 27.4 Å². The number of primary amides is 1. The first kappa shape index (κ1) is 19.2. The standard InChI is InChI=1S/C14H22N2O6S/c1-9-6-10(21-4)11(22-5)7-12(9)23(18,19)16-14(2,8-20-3)13(15)17/h6-7,16H,8H2,1-5H3,(H2,15,17)/t14-/m0/s1. The Morgan fingerprint density at radius 2 is 1.74 bits per heavy atom. The number of ether oxygens (including phenoxy) is 3. The Bertz CT molecular complexity index is 689. The second-order valence-electron chi connectivity index (χ2n) is 5.21. The summed E-state index contributed by atoms with van der Waals surface area (Å²) in [6.45, 7) is 2.76. The lowest BCUT2D eigenvalue weighted by Crippen LogP contribution is -2.58. The van der Waals surface area contributed by atoms with Gasteiger partial charge in [0.05, 0.1) is 25.7 Å². The number of carbonyl (C=O) groups excluding carboxylic acids is 1. The molecule has 1 rings (SSSR count). The molecule has 3 N–H and O–H groups in total. The van der Waals surface area contributed by atoms with Crippen LogP contribution in [0.2, 0.25) is 0 Å². The topological polar surface area (TPSA) is 117 Å². The Morgan fingerprint density at radius 3 is 2.17 bits per heavy atom. The van der Waals surface area contributed by atoms with Gasteiger partial charge in [-0.15, -0.1) is 0 Å². The van der Waals surface area contributed by atoms with Crippen LogP contribution >= 0.6 is 0 Å². The fourth-order valence-electron chi connectivity index (χ4n) is 2.04. The highest BCUT2D eigenvalue weighted by atomic mass is 32.2. The fourth-order valence-corrected chi connectivity index (χ4v) is 3.65. The van der Waals surface area contributed by atoms with Gasteiger partial charge < -0.3 is 19.9 Å². The molecular formula is C14H22N2O6S. The van der Waals surface area contributed by atoms with Gasteiger partial charge in [-0.2, -0.15) is 4.72 Å². The lowest BCUT2D eigenvalue weighted by atomic mass is 10.1. The van der Waals surface area contributed by atoms with E-state index in [-0.39, 0.29) is 17.3 Å². The van der Waals surface area contributed by atoms with Gasteiger partial charge in [0.1, 0.15) is 5.54 Å². The normalized spacial score (nSPS) is 14.1. The molecule has 0 saturated carbocycles. The molecule has 9 heteroatoms. The van der Waals surface area contributed by atoms with Crippen LogP contribution in [0.25, 0.3) is 0 Å². The summed E-state index contributed by atoms with van der Waals surface area (Å²) in [5.41, 5.74) is 4.15. The molecule has 23 heavy (non-hydrogen) atoms. The number of amides is 1. The highest BCUT2D eigenvalue weighted by Crippen LogP contribution is 2.32. The number of benzene rings is 1. The molecule has 0 aliphatic carbocycles. The van der Waals surface area contributed by atoms with Crippen LogP contribution in [0.15, 0.2) is 17.0 Å². The number of aryl methyl sites for hydroxylation is 1. The SMILES string of the molecule is COC[C@](C)(NS(=O)(=O)c1cc(OC)c(OC)cc1C)C(N)=O. The Hall–Kier alpha value is -1.84. The molecule has 0 bridgehead atoms. The third kappa shape index (κ3) is 4.12. The zero-order valence-corrected chi connectivity index (χ0v) is 14.6. The lowest BCUT2D eigenvalue weighted by molar-refractivity contribution is -0.124. The quantitative estimate of drug-likeness (QED) is 0.693. The molecule has 0 saturated heterocycles.